The van der Waals surface area contributed by atoms with Crippen molar-refractivity contribution >= 4 is 22.2 Å². The number of benzene rings is 1. The van der Waals surface area contributed by atoms with E-state index in [1.807, 2.05) is 27.7 Å². The third-order valence-corrected chi connectivity index (χ3v) is 2.86. The van der Waals surface area contributed by atoms with Gasteiger partial charge in [-0.1, -0.05) is 0 Å². The Morgan fingerprint density at radius 1 is 0.688 bits per heavy atom. The first-order valence-corrected chi connectivity index (χ1v) is 5.21. The summed E-state index contributed by atoms with van der Waals surface area (Å²) in [6.45, 7) is 7.66. The van der Waals surface area contributed by atoms with Crippen LogP contribution in [0.25, 0.3) is 22.2 Å². The first-order valence-electron chi connectivity index (χ1n) is 5.21. The molecule has 0 fully saturated rings. The van der Waals surface area contributed by atoms with Crippen molar-refractivity contribution in [2.24, 2.45) is 0 Å². The number of hydrogen-bond donors (Lipinski definition) is 0. The standard InChI is InChI=1S/C12H12N2O2/c1-5-9-11(15-7(3)13-9)6(2)12-10(5)14-8(4)16-12/h1-4H3. The van der Waals surface area contributed by atoms with Crippen LogP contribution < -0.4 is 0 Å². The lowest BCUT2D eigenvalue weighted by Gasteiger charge is -1.98. The number of fused-ring (bicyclic) bond motifs is 2. The molecular formula is C12H12N2O2. The minimum Gasteiger partial charge on any atom is -0.441 e. The van der Waals surface area contributed by atoms with Crippen LogP contribution in [0.3, 0.4) is 0 Å². The Labute approximate surface area is 92.3 Å². The van der Waals surface area contributed by atoms with Crippen molar-refractivity contribution < 1.29 is 8.83 Å². The maximum Gasteiger partial charge on any atom is 0.192 e. The van der Waals surface area contributed by atoms with Gasteiger partial charge in [-0.15, -0.1) is 0 Å². The second-order valence-corrected chi connectivity index (χ2v) is 4.07. The van der Waals surface area contributed by atoms with Crippen LogP contribution in [0.4, 0.5) is 0 Å². The topological polar surface area (TPSA) is 52.1 Å². The third-order valence-electron chi connectivity index (χ3n) is 2.86. The van der Waals surface area contributed by atoms with Crippen LogP contribution in [-0.4, -0.2) is 9.97 Å². The van der Waals surface area contributed by atoms with Crippen LogP contribution in [0, 0.1) is 27.7 Å². The van der Waals surface area contributed by atoms with Gasteiger partial charge in [0, 0.05) is 25.0 Å². The molecule has 0 aliphatic heterocycles. The van der Waals surface area contributed by atoms with E-state index in [0.717, 1.165) is 33.3 Å². The summed E-state index contributed by atoms with van der Waals surface area (Å²) >= 11 is 0. The van der Waals surface area contributed by atoms with E-state index in [0.29, 0.717) is 11.8 Å². The Hall–Kier alpha value is -1.84. The average molecular weight is 216 g/mol. The quantitative estimate of drug-likeness (QED) is 0.579. The van der Waals surface area contributed by atoms with Gasteiger partial charge < -0.3 is 8.83 Å². The molecule has 0 amide bonds. The zero-order valence-corrected chi connectivity index (χ0v) is 9.71. The van der Waals surface area contributed by atoms with E-state index in [1.54, 1.807) is 0 Å². The van der Waals surface area contributed by atoms with Gasteiger partial charge in [0.15, 0.2) is 22.9 Å². The summed E-state index contributed by atoms with van der Waals surface area (Å²) in [6, 6.07) is 0. The summed E-state index contributed by atoms with van der Waals surface area (Å²) in [5.74, 6) is 1.34. The zero-order chi connectivity index (χ0) is 11.4. The van der Waals surface area contributed by atoms with Crippen molar-refractivity contribution in [3.8, 4) is 0 Å². The molecule has 2 aromatic heterocycles. The van der Waals surface area contributed by atoms with E-state index < -0.39 is 0 Å². The lowest BCUT2D eigenvalue weighted by molar-refractivity contribution is 0.548. The molecule has 0 aliphatic carbocycles. The molecule has 0 saturated carbocycles. The van der Waals surface area contributed by atoms with Crippen molar-refractivity contribution in [2.75, 3.05) is 0 Å². The smallest absolute Gasteiger partial charge is 0.192 e. The second-order valence-electron chi connectivity index (χ2n) is 4.07. The van der Waals surface area contributed by atoms with Gasteiger partial charge >= 0.3 is 0 Å². The molecule has 3 rings (SSSR count). The molecule has 3 aromatic rings. The fourth-order valence-corrected chi connectivity index (χ4v) is 2.09. The second kappa shape index (κ2) is 2.84. The maximum absolute atomic E-state index is 5.60. The van der Waals surface area contributed by atoms with E-state index in [9.17, 15) is 0 Å². The highest BCUT2D eigenvalue weighted by atomic mass is 16.4. The van der Waals surface area contributed by atoms with Gasteiger partial charge in [0.1, 0.15) is 11.0 Å². The SMILES string of the molecule is Cc1nc2c(C)c3nc(C)oc3c(C)c2o1. The minimum atomic E-state index is 0.672. The lowest BCUT2D eigenvalue weighted by Crippen LogP contribution is -1.84. The van der Waals surface area contributed by atoms with Gasteiger partial charge in [0.25, 0.3) is 0 Å². The summed E-state index contributed by atoms with van der Waals surface area (Å²) in [4.78, 5) is 8.77. The molecular weight excluding hydrogens is 204 g/mol. The Kier molecular flexibility index (Phi) is 1.67. The van der Waals surface area contributed by atoms with Gasteiger partial charge in [-0.2, -0.15) is 0 Å². The Morgan fingerprint density at radius 3 is 1.56 bits per heavy atom. The van der Waals surface area contributed by atoms with Gasteiger partial charge in [-0.3, -0.25) is 0 Å². The summed E-state index contributed by atoms with van der Waals surface area (Å²) in [5, 5.41) is 0. The summed E-state index contributed by atoms with van der Waals surface area (Å²) < 4.78 is 11.2. The van der Waals surface area contributed by atoms with Crippen molar-refractivity contribution in [3.63, 3.8) is 0 Å². The van der Waals surface area contributed by atoms with E-state index in [-0.39, 0.29) is 0 Å². The van der Waals surface area contributed by atoms with Crippen LogP contribution in [0.1, 0.15) is 22.9 Å². The van der Waals surface area contributed by atoms with Crippen LogP contribution >= 0.6 is 0 Å². The highest BCUT2D eigenvalue weighted by Gasteiger charge is 2.17. The Balaban J connectivity index is 2.63. The molecule has 0 radical (unpaired) electrons. The molecule has 16 heavy (non-hydrogen) atoms. The molecule has 0 spiro atoms. The predicted octanol–water partition coefficient (Wildman–Crippen LogP) is 3.20. The first-order chi connectivity index (χ1) is 7.58. The molecule has 1 aromatic carbocycles. The van der Waals surface area contributed by atoms with E-state index in [2.05, 4.69) is 9.97 Å². The van der Waals surface area contributed by atoms with Crippen molar-refractivity contribution in [2.45, 2.75) is 27.7 Å². The Morgan fingerprint density at radius 2 is 1.12 bits per heavy atom. The molecule has 0 unspecified atom stereocenters. The maximum atomic E-state index is 5.60. The highest BCUT2D eigenvalue weighted by Crippen LogP contribution is 2.32. The highest BCUT2D eigenvalue weighted by molar-refractivity contribution is 5.97. The molecule has 4 nitrogen and oxygen atoms in total. The van der Waals surface area contributed by atoms with Crippen LogP contribution in [0.5, 0.6) is 0 Å². The van der Waals surface area contributed by atoms with Gasteiger partial charge in [0.05, 0.1) is 0 Å². The van der Waals surface area contributed by atoms with E-state index >= 15 is 0 Å². The van der Waals surface area contributed by atoms with Gasteiger partial charge in [-0.25, -0.2) is 9.97 Å². The normalized spacial score (nSPS) is 11.8. The molecule has 0 bridgehead atoms. The van der Waals surface area contributed by atoms with E-state index in [1.165, 1.54) is 0 Å². The number of nitrogens with zero attached hydrogens (tertiary/aromatic N) is 2. The number of rotatable bonds is 0. The Bertz CT molecular complexity index is 592. The molecule has 0 N–H and O–H groups in total. The van der Waals surface area contributed by atoms with Gasteiger partial charge in [-0.05, 0) is 13.8 Å². The fourth-order valence-electron chi connectivity index (χ4n) is 2.09. The third kappa shape index (κ3) is 1.04. The first kappa shape index (κ1) is 9.39. The lowest BCUT2D eigenvalue weighted by atomic mass is 10.1. The molecule has 4 heteroatoms. The number of hydrogen-bond acceptors (Lipinski definition) is 4. The van der Waals surface area contributed by atoms with Crippen molar-refractivity contribution in [1.29, 1.82) is 0 Å². The summed E-state index contributed by atoms with van der Waals surface area (Å²) in [6.07, 6.45) is 0. The fraction of sp³-hybridized carbons (Fsp3) is 0.333. The monoisotopic (exact) mass is 216 g/mol. The molecule has 0 saturated heterocycles. The summed E-state index contributed by atoms with van der Waals surface area (Å²) in [7, 11) is 0. The van der Waals surface area contributed by atoms with E-state index in [4.69, 9.17) is 8.83 Å². The van der Waals surface area contributed by atoms with Crippen LogP contribution in [-0.2, 0) is 0 Å². The predicted molar refractivity (Wildman–Crippen MR) is 60.5 cm³/mol. The van der Waals surface area contributed by atoms with Crippen LogP contribution in [0.2, 0.25) is 0 Å². The average Bonchev–Trinajstić information content (AvgIpc) is 2.78. The van der Waals surface area contributed by atoms with Gasteiger partial charge in [0.2, 0.25) is 0 Å². The van der Waals surface area contributed by atoms with Crippen LogP contribution in [0.15, 0.2) is 8.83 Å². The molecule has 2 heterocycles. The van der Waals surface area contributed by atoms with Crippen molar-refractivity contribution in [3.05, 3.63) is 22.9 Å². The largest absolute Gasteiger partial charge is 0.441 e. The molecule has 0 aliphatic rings. The zero-order valence-electron chi connectivity index (χ0n) is 9.71. The van der Waals surface area contributed by atoms with Crippen molar-refractivity contribution in [1.82, 2.24) is 9.97 Å². The summed E-state index contributed by atoms with van der Waals surface area (Å²) in [5.41, 5.74) is 5.37. The molecule has 82 valence electrons. The molecule has 0 atom stereocenters. The minimum absolute atomic E-state index is 0.672. The number of aryl methyl sites for hydroxylation is 4. The number of aromatic nitrogens is 2. The number of oxazole rings is 2.